The van der Waals surface area contributed by atoms with Crippen LogP contribution < -0.4 is 10.1 Å². The Kier molecular flexibility index (Phi) is 5.37. The van der Waals surface area contributed by atoms with Gasteiger partial charge in [0, 0.05) is 17.9 Å². The molecule has 0 aliphatic carbocycles. The number of carboxylic acid groups (broad SMARTS) is 1. The van der Waals surface area contributed by atoms with Gasteiger partial charge >= 0.3 is 12.0 Å². The molecule has 2 N–H and O–H groups in total. The first kappa shape index (κ1) is 20.8. The van der Waals surface area contributed by atoms with Crippen LogP contribution in [0.4, 0.5) is 11.6 Å². The first-order valence-corrected chi connectivity index (χ1v) is 10.2. The number of halogens is 1. The summed E-state index contributed by atoms with van der Waals surface area (Å²) in [6, 6.07) is 4.33. The number of non-ortho nitro benzene ring substituents is 1. The number of nitrogens with zero attached hydrogens (tertiary/aromatic N) is 5. The highest BCUT2D eigenvalue weighted by atomic mass is 35.5. The summed E-state index contributed by atoms with van der Waals surface area (Å²) >= 11 is 7.35. The van der Waals surface area contributed by atoms with Crippen LogP contribution in [-0.2, 0) is 9.59 Å². The van der Waals surface area contributed by atoms with Crippen molar-refractivity contribution in [3.05, 3.63) is 50.9 Å². The molecule has 0 spiro atoms. The van der Waals surface area contributed by atoms with Crippen LogP contribution in [-0.4, -0.2) is 58.9 Å². The van der Waals surface area contributed by atoms with E-state index in [2.05, 4.69) is 20.3 Å². The molecule has 0 radical (unpaired) electrons. The zero-order chi connectivity index (χ0) is 22.3. The molecule has 4 rings (SSSR count). The molecule has 14 heteroatoms. The van der Waals surface area contributed by atoms with Crippen molar-refractivity contribution in [3.8, 4) is 11.8 Å². The van der Waals surface area contributed by atoms with Gasteiger partial charge in [-0.05, 0) is 36.2 Å². The highest BCUT2D eigenvalue weighted by Crippen LogP contribution is 2.41. The van der Waals surface area contributed by atoms with Gasteiger partial charge in [0.2, 0.25) is 11.2 Å². The average molecular weight is 465 g/mol. The third-order valence-electron chi connectivity index (χ3n) is 4.49. The molecule has 0 bridgehead atoms. The summed E-state index contributed by atoms with van der Waals surface area (Å²) in [5.74, 6) is -0.904. The minimum Gasteiger partial charge on any atom is -0.477 e. The molecule has 3 heterocycles. The molecule has 1 aromatic carbocycles. The highest BCUT2D eigenvalue weighted by molar-refractivity contribution is 8.00. The topological polar surface area (TPSA) is 161 Å². The Balaban J connectivity index is 1.50. The summed E-state index contributed by atoms with van der Waals surface area (Å²) in [4.78, 5) is 47.3. The lowest BCUT2D eigenvalue weighted by molar-refractivity contribution is -0.384. The van der Waals surface area contributed by atoms with Crippen LogP contribution in [0.15, 0.2) is 35.5 Å². The fourth-order valence-electron chi connectivity index (χ4n) is 3.10. The quantitative estimate of drug-likeness (QED) is 0.366. The van der Waals surface area contributed by atoms with E-state index in [9.17, 15) is 24.8 Å². The maximum absolute atomic E-state index is 12.6. The van der Waals surface area contributed by atoms with Crippen molar-refractivity contribution in [3.63, 3.8) is 0 Å². The van der Waals surface area contributed by atoms with Gasteiger partial charge in [-0.15, -0.1) is 11.8 Å². The number of hydrogen-bond acceptors (Lipinski definition) is 10. The van der Waals surface area contributed by atoms with E-state index in [-0.39, 0.29) is 34.4 Å². The summed E-state index contributed by atoms with van der Waals surface area (Å²) in [6.07, 6.45) is 0. The maximum Gasteiger partial charge on any atom is 0.352 e. The molecule has 160 valence electrons. The number of nitro benzene ring substituents is 1. The first-order chi connectivity index (χ1) is 14.7. The van der Waals surface area contributed by atoms with Crippen molar-refractivity contribution in [2.24, 2.45) is 0 Å². The number of aliphatic carboxylic acids is 1. The van der Waals surface area contributed by atoms with Gasteiger partial charge in [0.05, 0.1) is 4.92 Å². The van der Waals surface area contributed by atoms with Gasteiger partial charge in [0.25, 0.3) is 11.6 Å². The number of thioether (sulfide) groups is 1. The molecule has 1 amide bonds. The molecule has 1 fully saturated rings. The monoisotopic (exact) mass is 464 g/mol. The Bertz CT molecular complexity index is 1130. The second kappa shape index (κ2) is 8.00. The van der Waals surface area contributed by atoms with Crippen molar-refractivity contribution in [2.75, 3.05) is 11.1 Å². The van der Waals surface area contributed by atoms with E-state index in [4.69, 9.17) is 16.3 Å². The fourth-order valence-corrected chi connectivity index (χ4v) is 4.54. The summed E-state index contributed by atoms with van der Waals surface area (Å²) in [7, 11) is 0. The summed E-state index contributed by atoms with van der Waals surface area (Å²) < 4.78 is 5.47. The van der Waals surface area contributed by atoms with Gasteiger partial charge in [-0.1, -0.05) is 0 Å². The third kappa shape index (κ3) is 3.96. The number of nitro groups is 1. The van der Waals surface area contributed by atoms with Crippen molar-refractivity contribution in [1.82, 2.24) is 19.9 Å². The van der Waals surface area contributed by atoms with Crippen LogP contribution in [0.25, 0.3) is 0 Å². The lowest BCUT2D eigenvalue weighted by Gasteiger charge is -2.49. The number of nitrogens with one attached hydrogen (secondary N) is 1. The van der Waals surface area contributed by atoms with Gasteiger partial charge in [-0.3, -0.25) is 19.8 Å². The van der Waals surface area contributed by atoms with E-state index in [1.54, 1.807) is 6.92 Å². The first-order valence-electron chi connectivity index (χ1n) is 8.72. The van der Waals surface area contributed by atoms with E-state index in [0.29, 0.717) is 11.3 Å². The van der Waals surface area contributed by atoms with Gasteiger partial charge in [-0.2, -0.15) is 15.0 Å². The number of fused-ring (bicyclic) bond motifs is 1. The number of hydrogen-bond donors (Lipinski definition) is 2. The Morgan fingerprint density at radius 3 is 2.71 bits per heavy atom. The number of rotatable bonds is 6. The summed E-state index contributed by atoms with van der Waals surface area (Å²) in [6.45, 7) is 1.67. The van der Waals surface area contributed by atoms with Crippen molar-refractivity contribution < 1.29 is 24.4 Å². The molecule has 2 aliphatic rings. The Hall–Kier alpha value is -3.45. The van der Waals surface area contributed by atoms with E-state index < -0.39 is 28.2 Å². The number of carbonyl (C=O) groups excluding carboxylic acids is 1. The third-order valence-corrected chi connectivity index (χ3v) is 6.08. The van der Waals surface area contributed by atoms with Crippen LogP contribution in [0.3, 0.4) is 0 Å². The number of carboxylic acids is 1. The molecule has 0 unspecified atom stereocenters. The predicted molar refractivity (Wildman–Crippen MR) is 109 cm³/mol. The zero-order valence-corrected chi connectivity index (χ0v) is 17.3. The largest absolute Gasteiger partial charge is 0.477 e. The minimum atomic E-state index is -1.16. The molecular weight excluding hydrogens is 452 g/mol. The van der Waals surface area contributed by atoms with Crippen LogP contribution in [0.5, 0.6) is 11.8 Å². The average Bonchev–Trinajstić information content (AvgIpc) is 2.71. The summed E-state index contributed by atoms with van der Waals surface area (Å²) in [5.41, 5.74) is 0.497. The SMILES string of the molecule is CC1=C(C(=O)O)N2C(=O)[C@@H](Nc3nc(Cl)nc(Oc4ccc([N+](=O)[O-])cc4)n3)[C@H]2SC1. The van der Waals surface area contributed by atoms with E-state index in [1.807, 2.05) is 0 Å². The standard InChI is InChI=1S/C17H13ClN6O6S/c1-7-6-31-13-10(12(25)23(13)11(7)14(26)27)19-16-20-15(18)21-17(22-16)30-9-4-2-8(3-5-9)24(28)29/h2-5,10,13H,6H2,1H3,(H,26,27)(H,19,20,21,22)/t10-,13-/m1/s1. The van der Waals surface area contributed by atoms with Gasteiger partial charge < -0.3 is 15.2 Å². The molecule has 0 saturated carbocycles. The van der Waals surface area contributed by atoms with Gasteiger partial charge in [-0.25, -0.2) is 4.79 Å². The molecule has 1 aromatic heterocycles. The number of carbonyl (C=O) groups is 2. The molecule has 2 atom stereocenters. The number of amides is 1. The van der Waals surface area contributed by atoms with Crippen molar-refractivity contribution in [1.29, 1.82) is 0 Å². The zero-order valence-electron chi connectivity index (χ0n) is 15.7. The van der Waals surface area contributed by atoms with Crippen molar-refractivity contribution in [2.45, 2.75) is 18.3 Å². The molecule has 31 heavy (non-hydrogen) atoms. The Morgan fingerprint density at radius 1 is 1.35 bits per heavy atom. The smallest absolute Gasteiger partial charge is 0.352 e. The number of β-lactam (4-membered cyclic amide) rings is 1. The molecule has 12 nitrogen and oxygen atoms in total. The number of anilines is 1. The number of ether oxygens (including phenoxy) is 1. The van der Waals surface area contributed by atoms with Crippen molar-refractivity contribution >= 4 is 46.9 Å². The Labute approximate surface area is 183 Å². The van der Waals surface area contributed by atoms with Gasteiger partial charge in [0.1, 0.15) is 22.9 Å². The molecule has 2 aliphatic heterocycles. The van der Waals surface area contributed by atoms with Crippen LogP contribution in [0, 0.1) is 10.1 Å². The number of benzene rings is 1. The van der Waals surface area contributed by atoms with Crippen LogP contribution >= 0.6 is 23.4 Å². The van der Waals surface area contributed by atoms with Crippen LogP contribution in [0.1, 0.15) is 6.92 Å². The van der Waals surface area contributed by atoms with E-state index >= 15 is 0 Å². The molecule has 1 saturated heterocycles. The van der Waals surface area contributed by atoms with Gasteiger partial charge in [0.15, 0.2) is 0 Å². The predicted octanol–water partition coefficient (Wildman–Crippen LogP) is 2.28. The second-order valence-corrected chi connectivity index (χ2v) is 7.97. The van der Waals surface area contributed by atoms with E-state index in [0.717, 1.165) is 0 Å². The number of aromatic nitrogens is 3. The second-order valence-electron chi connectivity index (χ2n) is 6.53. The normalized spacial score (nSPS) is 20.1. The lowest BCUT2D eigenvalue weighted by atomic mass is 10.0. The molecular formula is C17H13ClN6O6S. The maximum atomic E-state index is 12.6. The lowest BCUT2D eigenvalue weighted by Crippen LogP contribution is -2.67. The Morgan fingerprint density at radius 2 is 2.06 bits per heavy atom. The van der Waals surface area contributed by atoms with Crippen LogP contribution in [0.2, 0.25) is 5.28 Å². The summed E-state index contributed by atoms with van der Waals surface area (Å²) in [5, 5.41) is 22.4. The fraction of sp³-hybridized carbons (Fsp3) is 0.235. The van der Waals surface area contributed by atoms with E-state index in [1.165, 1.54) is 40.9 Å². The highest BCUT2D eigenvalue weighted by Gasteiger charge is 2.53. The molecule has 2 aromatic rings. The minimum absolute atomic E-state index is 0.0114.